The summed E-state index contributed by atoms with van der Waals surface area (Å²) in [5.41, 5.74) is 3.94. The number of likely N-dealkylation sites (tertiary alicyclic amines) is 1. The lowest BCUT2D eigenvalue weighted by molar-refractivity contribution is -0.931. The molecule has 6 nitrogen and oxygen atoms in total. The number of Topliss-reactive ketones (excluding diaryl/α,β-unsaturated/α-hetero) is 2. The lowest BCUT2D eigenvalue weighted by Crippen LogP contribution is -3.14. The Kier molecular flexibility index (Phi) is 5.69. The third-order valence-corrected chi connectivity index (χ3v) is 6.57. The van der Waals surface area contributed by atoms with Crippen LogP contribution in [0.25, 0.3) is 0 Å². The number of aromatic nitrogens is 1. The number of hydrogen-bond donors (Lipinski definition) is 2. The summed E-state index contributed by atoms with van der Waals surface area (Å²) < 4.78 is 11.6. The van der Waals surface area contributed by atoms with Gasteiger partial charge in [-0.2, -0.15) is 0 Å². The fourth-order valence-corrected chi connectivity index (χ4v) is 5.07. The van der Waals surface area contributed by atoms with Crippen LogP contribution >= 0.6 is 0 Å². The number of benzene rings is 1. The molecule has 1 saturated heterocycles. The normalized spacial score (nSPS) is 21.9. The van der Waals surface area contributed by atoms with Gasteiger partial charge in [-0.15, -0.1) is 0 Å². The highest BCUT2D eigenvalue weighted by molar-refractivity contribution is 6.04. The van der Waals surface area contributed by atoms with Gasteiger partial charge in [-0.05, 0) is 51.5 Å². The summed E-state index contributed by atoms with van der Waals surface area (Å²) in [4.78, 5) is 29.8. The molecule has 2 aliphatic rings. The van der Waals surface area contributed by atoms with Gasteiger partial charge in [0.25, 0.3) is 0 Å². The molecule has 2 N–H and O–H groups in total. The number of ketones is 2. The summed E-state index contributed by atoms with van der Waals surface area (Å²) in [5.74, 6) is 1.66. The Bertz CT molecular complexity index is 978. The van der Waals surface area contributed by atoms with Crippen LogP contribution in [0.3, 0.4) is 0 Å². The van der Waals surface area contributed by atoms with Crippen LogP contribution in [0.5, 0.6) is 11.5 Å². The molecule has 1 fully saturated rings. The van der Waals surface area contributed by atoms with Crippen LogP contribution in [0.4, 0.5) is 0 Å². The molecule has 1 aromatic carbocycles. The van der Waals surface area contributed by atoms with Crippen molar-refractivity contribution < 1.29 is 24.0 Å². The third kappa shape index (κ3) is 3.65. The zero-order valence-electron chi connectivity index (χ0n) is 18.3. The van der Waals surface area contributed by atoms with Gasteiger partial charge in [0.05, 0.1) is 25.5 Å². The average Bonchev–Trinajstić information content (AvgIpc) is 3.23. The largest absolute Gasteiger partial charge is 0.490 e. The number of carbonyl (C=O) groups excluding carboxylic acids is 2. The van der Waals surface area contributed by atoms with E-state index in [1.807, 2.05) is 26.8 Å². The summed E-state index contributed by atoms with van der Waals surface area (Å²) in [6.07, 6.45) is 3.00. The van der Waals surface area contributed by atoms with Gasteiger partial charge in [0.15, 0.2) is 23.3 Å². The van der Waals surface area contributed by atoms with E-state index in [1.54, 1.807) is 6.92 Å². The zero-order valence-corrected chi connectivity index (χ0v) is 18.3. The minimum Gasteiger partial charge on any atom is -0.490 e. The molecule has 30 heavy (non-hydrogen) atoms. The van der Waals surface area contributed by atoms with Crippen molar-refractivity contribution in [3.63, 3.8) is 0 Å². The molecule has 0 bridgehead atoms. The molecule has 6 heteroatoms. The molecule has 0 spiro atoms. The molecule has 3 atom stereocenters. The van der Waals surface area contributed by atoms with Gasteiger partial charge in [-0.25, -0.2) is 0 Å². The maximum absolute atomic E-state index is 13.4. The molecule has 1 unspecified atom stereocenters. The van der Waals surface area contributed by atoms with Crippen LogP contribution in [-0.2, 0) is 0 Å². The van der Waals surface area contributed by atoms with Crippen LogP contribution in [-0.4, -0.2) is 42.4 Å². The average molecular weight is 412 g/mol. The van der Waals surface area contributed by atoms with E-state index in [4.69, 9.17) is 9.47 Å². The topological polar surface area (TPSA) is 72.8 Å². The first-order valence-electron chi connectivity index (χ1n) is 10.9. The second kappa shape index (κ2) is 8.26. The number of fused-ring (bicyclic) bond motifs is 1. The fraction of sp³-hybridized carbons (Fsp3) is 0.500. The van der Waals surface area contributed by atoms with Gasteiger partial charge >= 0.3 is 0 Å². The van der Waals surface area contributed by atoms with Crippen molar-refractivity contribution >= 4 is 11.6 Å². The SMILES string of the molecule is CC(=O)c1c(C)[nH]c(C(=O)[C@H](C)[NH+]2CCC[C@@H]2c2ccc3c(c2)OCCCO3)c1C. The summed E-state index contributed by atoms with van der Waals surface area (Å²) in [5, 5.41) is 0. The Labute approximate surface area is 177 Å². The van der Waals surface area contributed by atoms with E-state index < -0.39 is 0 Å². The molecule has 2 aliphatic heterocycles. The van der Waals surface area contributed by atoms with Gasteiger partial charge in [-0.1, -0.05) is 0 Å². The lowest BCUT2D eigenvalue weighted by atomic mass is 9.99. The monoisotopic (exact) mass is 411 g/mol. The number of ether oxygens (including phenoxy) is 2. The summed E-state index contributed by atoms with van der Waals surface area (Å²) in [7, 11) is 0. The molecular formula is C24H31N2O4+. The van der Waals surface area contributed by atoms with Gasteiger partial charge < -0.3 is 19.4 Å². The Morgan fingerprint density at radius 3 is 2.57 bits per heavy atom. The highest BCUT2D eigenvalue weighted by Crippen LogP contribution is 2.33. The second-order valence-electron chi connectivity index (χ2n) is 8.54. The molecule has 0 saturated carbocycles. The fourth-order valence-electron chi connectivity index (χ4n) is 5.07. The second-order valence-corrected chi connectivity index (χ2v) is 8.54. The maximum Gasteiger partial charge on any atom is 0.236 e. The first-order valence-corrected chi connectivity index (χ1v) is 10.9. The Morgan fingerprint density at radius 1 is 1.13 bits per heavy atom. The molecule has 3 heterocycles. The molecule has 160 valence electrons. The summed E-state index contributed by atoms with van der Waals surface area (Å²) >= 11 is 0. The molecule has 4 rings (SSSR count). The van der Waals surface area contributed by atoms with Gasteiger partial charge in [-0.3, -0.25) is 9.59 Å². The summed E-state index contributed by atoms with van der Waals surface area (Å²) in [6, 6.07) is 6.23. The van der Waals surface area contributed by atoms with Crippen molar-refractivity contribution in [2.24, 2.45) is 0 Å². The van der Waals surface area contributed by atoms with E-state index in [0.29, 0.717) is 24.5 Å². The van der Waals surface area contributed by atoms with E-state index in [9.17, 15) is 9.59 Å². The number of aryl methyl sites for hydroxylation is 1. The first-order chi connectivity index (χ1) is 14.4. The first kappa shape index (κ1) is 20.7. The smallest absolute Gasteiger partial charge is 0.236 e. The Balaban J connectivity index is 1.59. The highest BCUT2D eigenvalue weighted by Gasteiger charge is 2.39. The summed E-state index contributed by atoms with van der Waals surface area (Å²) in [6.45, 7) is 9.56. The third-order valence-electron chi connectivity index (χ3n) is 6.57. The van der Waals surface area contributed by atoms with Crippen LogP contribution in [0, 0.1) is 13.8 Å². The van der Waals surface area contributed by atoms with Gasteiger partial charge in [0.2, 0.25) is 5.78 Å². The molecule has 1 aromatic heterocycles. The molecule has 2 aromatic rings. The van der Waals surface area contributed by atoms with Crippen LogP contribution in [0.15, 0.2) is 18.2 Å². The van der Waals surface area contributed by atoms with Crippen molar-refractivity contribution in [3.8, 4) is 11.5 Å². The minimum atomic E-state index is -0.204. The van der Waals surface area contributed by atoms with Gasteiger partial charge in [0.1, 0.15) is 6.04 Å². The van der Waals surface area contributed by atoms with E-state index in [1.165, 1.54) is 10.5 Å². The number of H-pyrrole nitrogens is 1. The minimum absolute atomic E-state index is 0.00783. The molecule has 0 radical (unpaired) electrons. The van der Waals surface area contributed by atoms with Crippen molar-refractivity contribution in [3.05, 3.63) is 46.3 Å². The lowest BCUT2D eigenvalue weighted by Gasteiger charge is -2.27. The van der Waals surface area contributed by atoms with E-state index in [0.717, 1.165) is 48.6 Å². The van der Waals surface area contributed by atoms with Crippen molar-refractivity contribution in [1.29, 1.82) is 0 Å². The number of quaternary nitrogens is 1. The maximum atomic E-state index is 13.4. The Hall–Kier alpha value is -2.60. The number of nitrogens with one attached hydrogen (secondary N) is 2. The number of hydrogen-bond acceptors (Lipinski definition) is 4. The number of rotatable bonds is 5. The standard InChI is InChI=1S/C24H30N2O4/c1-14-22(17(4)27)15(2)25-23(14)24(28)16(3)26-10-5-7-19(26)18-8-9-20-21(13-18)30-12-6-11-29-20/h8-9,13,16,19,25H,5-7,10-12H2,1-4H3/p+1/t16-,19+/m0/s1. The quantitative estimate of drug-likeness (QED) is 0.742. The van der Waals surface area contributed by atoms with Crippen molar-refractivity contribution in [2.75, 3.05) is 19.8 Å². The van der Waals surface area contributed by atoms with Crippen LogP contribution < -0.4 is 14.4 Å². The van der Waals surface area contributed by atoms with E-state index in [-0.39, 0.29) is 23.7 Å². The predicted molar refractivity (Wildman–Crippen MR) is 114 cm³/mol. The Morgan fingerprint density at radius 2 is 1.87 bits per heavy atom. The zero-order chi connectivity index (χ0) is 21.4. The molecular weight excluding hydrogens is 380 g/mol. The van der Waals surface area contributed by atoms with E-state index >= 15 is 0 Å². The molecule has 0 aliphatic carbocycles. The van der Waals surface area contributed by atoms with Crippen LogP contribution in [0.1, 0.15) is 76.8 Å². The van der Waals surface area contributed by atoms with Gasteiger partial charge in [0, 0.05) is 36.1 Å². The number of carbonyl (C=O) groups is 2. The van der Waals surface area contributed by atoms with Crippen LogP contribution in [0.2, 0.25) is 0 Å². The number of aromatic amines is 1. The van der Waals surface area contributed by atoms with Crippen molar-refractivity contribution in [2.45, 2.75) is 59.0 Å². The predicted octanol–water partition coefficient (Wildman–Crippen LogP) is 2.99. The van der Waals surface area contributed by atoms with Crippen molar-refractivity contribution in [1.82, 2.24) is 4.98 Å². The molecule has 0 amide bonds. The highest BCUT2D eigenvalue weighted by atomic mass is 16.5. The van der Waals surface area contributed by atoms with E-state index in [2.05, 4.69) is 17.1 Å².